The number of fused-ring (bicyclic) bond motifs is 3. The molecule has 0 saturated heterocycles. The number of hydrogen-bond acceptors (Lipinski definition) is 9. The van der Waals surface area contributed by atoms with Crippen molar-refractivity contribution in [2.75, 3.05) is 25.5 Å². The Morgan fingerprint density at radius 2 is 1.27 bits per heavy atom. The Labute approximate surface area is 487 Å². The first-order chi connectivity index (χ1) is 39.1. The van der Waals surface area contributed by atoms with Crippen molar-refractivity contribution in [2.45, 2.75) is 94.8 Å². The number of amides is 2. The number of nitrogens with zero attached hydrogens (tertiary/aromatic N) is 3. The van der Waals surface area contributed by atoms with Crippen molar-refractivity contribution in [2.24, 2.45) is 5.92 Å². The van der Waals surface area contributed by atoms with Crippen molar-refractivity contribution in [3.63, 3.8) is 0 Å². The van der Waals surface area contributed by atoms with Crippen LogP contribution in [0.1, 0.15) is 77.4 Å². The van der Waals surface area contributed by atoms with Gasteiger partial charge in [-0.15, -0.1) is 11.8 Å². The zero-order chi connectivity index (χ0) is 57.4. The molecule has 2 atom stereocenters. The minimum atomic E-state index is -1.42. The number of allylic oxidation sites excluding steroid dienone is 1. The van der Waals surface area contributed by atoms with Gasteiger partial charge in [-0.05, 0) is 92.9 Å². The highest BCUT2D eigenvalue weighted by Gasteiger charge is 2.40. The summed E-state index contributed by atoms with van der Waals surface area (Å²) in [6.07, 6.45) is 3.17. The lowest BCUT2D eigenvalue weighted by molar-refractivity contribution is -0.146. The maximum Gasteiger partial charge on any atom is 0.411 e. The van der Waals surface area contributed by atoms with Gasteiger partial charge in [0, 0.05) is 32.1 Å². The Bertz CT molecular complexity index is 3090. The fourth-order valence-electron chi connectivity index (χ4n) is 10.5. The summed E-state index contributed by atoms with van der Waals surface area (Å²) in [5, 5.41) is 14.6. The van der Waals surface area contributed by atoms with Gasteiger partial charge in [-0.25, -0.2) is 9.59 Å². The van der Waals surface area contributed by atoms with Crippen LogP contribution in [0.15, 0.2) is 194 Å². The van der Waals surface area contributed by atoms with Crippen LogP contribution in [0, 0.1) is 5.92 Å². The number of nitrogens with one attached hydrogen (secondary N) is 1. The zero-order valence-corrected chi connectivity index (χ0v) is 49.5. The van der Waals surface area contributed by atoms with Crippen molar-refractivity contribution < 1.29 is 33.8 Å². The van der Waals surface area contributed by atoms with Crippen LogP contribution in [0.25, 0.3) is 11.1 Å². The second-order valence-electron chi connectivity index (χ2n) is 22.1. The number of ether oxygens (including phenoxy) is 2. The summed E-state index contributed by atoms with van der Waals surface area (Å²) in [4.78, 5) is 64.1. The fourth-order valence-corrected chi connectivity index (χ4v) is 12.8. The molecular weight excluding hydrogens is 1070 g/mol. The molecule has 0 radical (unpaired) electrons. The van der Waals surface area contributed by atoms with E-state index in [0.717, 1.165) is 50.6 Å². The Hall–Kier alpha value is -7.29. The van der Waals surface area contributed by atoms with Crippen molar-refractivity contribution in [3.8, 4) is 11.1 Å². The van der Waals surface area contributed by atoms with Crippen LogP contribution in [0.4, 0.5) is 4.79 Å². The minimum Gasteiger partial charge on any atom is -0.480 e. The van der Waals surface area contributed by atoms with E-state index in [1.807, 2.05) is 108 Å². The molecule has 1 unspecified atom stereocenters. The highest BCUT2D eigenvalue weighted by atomic mass is 35.5. The molecule has 8 rings (SSSR count). The lowest BCUT2D eigenvalue weighted by Gasteiger charge is -2.36. The average molecular weight is 1140 g/mol. The highest BCUT2D eigenvalue weighted by Crippen LogP contribution is 2.49. The van der Waals surface area contributed by atoms with Gasteiger partial charge in [0.2, 0.25) is 5.91 Å². The van der Waals surface area contributed by atoms with Crippen molar-refractivity contribution in [1.82, 2.24) is 20.1 Å². The number of aliphatic carboxylic acids is 1. The Morgan fingerprint density at radius 3 is 1.83 bits per heavy atom. The van der Waals surface area contributed by atoms with E-state index in [9.17, 15) is 24.3 Å². The lowest BCUT2D eigenvalue weighted by Crippen LogP contribution is -2.54. The van der Waals surface area contributed by atoms with Gasteiger partial charge in [-0.1, -0.05) is 215 Å². The molecule has 11 nitrogen and oxygen atoms in total. The number of hydrogen-bond donors (Lipinski definition) is 2. The number of carboxylic acids is 1. The van der Waals surface area contributed by atoms with Crippen LogP contribution in [-0.4, -0.2) is 89.5 Å². The van der Waals surface area contributed by atoms with E-state index in [0.29, 0.717) is 48.3 Å². The van der Waals surface area contributed by atoms with E-state index in [1.165, 1.54) is 4.90 Å². The van der Waals surface area contributed by atoms with E-state index in [1.54, 1.807) is 31.7 Å². The monoisotopic (exact) mass is 1140 g/mol. The molecule has 0 spiro atoms. The molecule has 14 heteroatoms. The molecular formula is C67H73ClN4O7SSi. The largest absolute Gasteiger partial charge is 0.480 e. The van der Waals surface area contributed by atoms with Crippen LogP contribution in [0.3, 0.4) is 0 Å². The molecule has 1 aromatic heterocycles. The van der Waals surface area contributed by atoms with Gasteiger partial charge in [0.25, 0.3) is 0 Å². The minimum absolute atomic E-state index is 0.0352. The number of pyridine rings is 1. The smallest absolute Gasteiger partial charge is 0.411 e. The second-order valence-corrected chi connectivity index (χ2v) is 29.4. The van der Waals surface area contributed by atoms with Gasteiger partial charge in [0.05, 0.1) is 48.3 Å². The van der Waals surface area contributed by atoms with Crippen LogP contribution >= 0.6 is 23.4 Å². The molecule has 1 aliphatic carbocycles. The Balaban J connectivity index is 1.05. The second kappa shape index (κ2) is 28.4. The standard InChI is InChI=1S/C67H73ClN4O7SSi/c1-48(2)64(65(75)76)72(66(77)79-47-61-59-33-17-15-31-57(59)58-32-16-18-34-60(58)61)56(30-19-20-40-80-67(50-22-9-6-10-23-50,51-24-11-7-12-25-51)52-26-13-8-14-27-52)42-62(73)69-43-54-28-21-29-55(70-54)45-71(44-49-35-37-53(68)38-36-49)46-63(74)78-39-41-81(3,4)5/h6-19,21-38,48,56,61,64H,20,39-47H2,1-5H3,(H,69,73)(H,75,76)/t56?,64-/m0/s1. The van der Waals surface area contributed by atoms with E-state index >= 15 is 0 Å². The van der Waals surface area contributed by atoms with Gasteiger partial charge in [0.1, 0.15) is 12.6 Å². The zero-order valence-electron chi connectivity index (χ0n) is 46.9. The number of benzene rings is 6. The number of rotatable bonds is 27. The molecule has 1 heterocycles. The van der Waals surface area contributed by atoms with Gasteiger partial charge in [-0.3, -0.25) is 24.4 Å². The van der Waals surface area contributed by atoms with Crippen molar-refractivity contribution >= 4 is 55.4 Å². The summed E-state index contributed by atoms with van der Waals surface area (Å²) >= 11 is 8.00. The molecule has 0 aliphatic heterocycles. The average Bonchev–Trinajstić information content (AvgIpc) is 3.91. The fraction of sp³-hybridized carbons (Fsp3) is 0.299. The predicted octanol–water partition coefficient (Wildman–Crippen LogP) is 14.0. The third kappa shape index (κ3) is 16.0. The number of halogens is 1. The summed E-state index contributed by atoms with van der Waals surface area (Å²) in [5.41, 5.74) is 9.75. The molecule has 0 bridgehead atoms. The number of carboxylic acid groups (broad SMARTS) is 1. The predicted molar refractivity (Wildman–Crippen MR) is 328 cm³/mol. The molecule has 2 amide bonds. The maximum absolute atomic E-state index is 14.9. The number of carbonyl (C=O) groups is 4. The van der Waals surface area contributed by atoms with Gasteiger partial charge >= 0.3 is 18.0 Å². The van der Waals surface area contributed by atoms with Gasteiger partial charge in [0.15, 0.2) is 0 Å². The Kier molecular flexibility index (Phi) is 21.0. The molecule has 1 aliphatic rings. The van der Waals surface area contributed by atoms with E-state index in [2.05, 4.69) is 110 Å². The van der Waals surface area contributed by atoms with Crippen LogP contribution in [-0.2, 0) is 48.2 Å². The van der Waals surface area contributed by atoms with E-state index < -0.39 is 48.8 Å². The Morgan fingerprint density at radius 1 is 0.716 bits per heavy atom. The summed E-state index contributed by atoms with van der Waals surface area (Å²) < 4.78 is 11.4. The molecule has 81 heavy (non-hydrogen) atoms. The van der Waals surface area contributed by atoms with Crippen molar-refractivity contribution in [3.05, 3.63) is 244 Å². The summed E-state index contributed by atoms with van der Waals surface area (Å²) in [5.74, 6) is -2.15. The molecule has 2 N–H and O–H groups in total. The molecule has 420 valence electrons. The van der Waals surface area contributed by atoms with Crippen LogP contribution in [0.5, 0.6) is 0 Å². The first-order valence-electron chi connectivity index (χ1n) is 27.8. The molecule has 0 fully saturated rings. The summed E-state index contributed by atoms with van der Waals surface area (Å²) in [7, 11) is -1.42. The number of thioether (sulfide) groups is 1. The van der Waals surface area contributed by atoms with Crippen molar-refractivity contribution in [1.29, 1.82) is 0 Å². The molecule has 6 aromatic carbocycles. The maximum atomic E-state index is 14.9. The summed E-state index contributed by atoms with van der Waals surface area (Å²) in [6.45, 7) is 11.4. The van der Waals surface area contributed by atoms with Gasteiger partial charge in [-0.2, -0.15) is 0 Å². The molecule has 0 saturated carbocycles. The third-order valence-corrected chi connectivity index (χ3v) is 18.0. The van der Waals surface area contributed by atoms with Crippen LogP contribution < -0.4 is 5.32 Å². The first kappa shape index (κ1) is 59.8. The van der Waals surface area contributed by atoms with Gasteiger partial charge < -0.3 is 19.9 Å². The molecule has 7 aromatic rings. The number of esters is 1. The van der Waals surface area contributed by atoms with E-state index in [-0.39, 0.29) is 38.0 Å². The highest BCUT2D eigenvalue weighted by molar-refractivity contribution is 8.00. The number of aromatic nitrogens is 1. The topological polar surface area (TPSA) is 138 Å². The summed E-state index contributed by atoms with van der Waals surface area (Å²) in [6, 6.07) is 58.9. The lowest BCUT2D eigenvalue weighted by atomic mass is 9.84. The SMILES string of the molecule is CC(C)[C@@H](C(=O)O)N(C(=O)OCC1c2ccccc2-c2ccccc21)C(C=CCCSC(c1ccccc1)(c1ccccc1)c1ccccc1)CC(=O)NCc1cccc(CN(CC(=O)OCC[Si](C)(C)C)Cc2ccc(Cl)cc2)n1. The van der Waals surface area contributed by atoms with E-state index in [4.69, 9.17) is 26.1 Å². The normalized spacial score (nSPS) is 13.1. The quantitative estimate of drug-likeness (QED) is 0.0168. The third-order valence-electron chi connectivity index (χ3n) is 14.5. The van der Waals surface area contributed by atoms with Crippen LogP contribution in [0.2, 0.25) is 30.7 Å². The first-order valence-corrected chi connectivity index (χ1v) is 32.8. The number of carbonyl (C=O) groups excluding carboxylic acids is 3.